The Hall–Kier alpha value is -3.01. The third-order valence-corrected chi connectivity index (χ3v) is 2.62. The number of hydrogen-bond acceptors (Lipinski definition) is 6. The predicted octanol–water partition coefficient (Wildman–Crippen LogP) is 2.67. The number of carbonyl (C=O) groups is 2. The molecule has 1 aromatic carbocycles. The number of amides is 1. The van der Waals surface area contributed by atoms with Gasteiger partial charge in [0.1, 0.15) is 5.75 Å². The predicted molar refractivity (Wildman–Crippen MR) is 86.2 cm³/mol. The molecule has 0 bridgehead atoms. The molecule has 0 aliphatic rings. The summed E-state index contributed by atoms with van der Waals surface area (Å²) in [5.41, 5.74) is 1.01. The summed E-state index contributed by atoms with van der Waals surface area (Å²) in [6.45, 7) is 5.47. The third-order valence-electron chi connectivity index (χ3n) is 2.62. The van der Waals surface area contributed by atoms with E-state index >= 15 is 0 Å². The molecule has 0 aliphatic carbocycles. The van der Waals surface area contributed by atoms with Gasteiger partial charge in [0.2, 0.25) is 5.91 Å². The number of anilines is 2. The molecule has 1 amide bonds. The van der Waals surface area contributed by atoms with Gasteiger partial charge in [0.25, 0.3) is 0 Å². The summed E-state index contributed by atoms with van der Waals surface area (Å²) in [7, 11) is 0. The zero-order valence-electron chi connectivity index (χ0n) is 13.3. The van der Waals surface area contributed by atoms with Gasteiger partial charge in [-0.1, -0.05) is 0 Å². The van der Waals surface area contributed by atoms with Crippen molar-refractivity contribution in [2.75, 3.05) is 23.8 Å². The van der Waals surface area contributed by atoms with E-state index in [1.54, 1.807) is 19.9 Å². The molecule has 122 valence electrons. The van der Waals surface area contributed by atoms with Gasteiger partial charge in [-0.25, -0.2) is 4.79 Å². The fraction of sp³-hybridized carbons (Fsp3) is 0.312. The number of nitriles is 1. The van der Waals surface area contributed by atoms with Crippen LogP contribution < -0.4 is 15.4 Å². The molecular formula is C16H19N3O4. The molecule has 0 spiro atoms. The van der Waals surface area contributed by atoms with Crippen LogP contribution in [0.1, 0.15) is 31.1 Å². The summed E-state index contributed by atoms with van der Waals surface area (Å²) >= 11 is 0. The van der Waals surface area contributed by atoms with Crippen LogP contribution in [-0.2, 0) is 9.53 Å². The summed E-state index contributed by atoms with van der Waals surface area (Å²) in [4.78, 5) is 23.4. The minimum absolute atomic E-state index is 0.217. The second kappa shape index (κ2) is 9.10. The SMILES string of the molecule is CCOC(=O)c1cc(NC(C)=O)c(OCC)cc1N/C=C/C#N. The minimum atomic E-state index is -0.546. The van der Waals surface area contributed by atoms with Crippen LogP contribution in [0.25, 0.3) is 0 Å². The molecule has 0 aliphatic heterocycles. The van der Waals surface area contributed by atoms with Gasteiger partial charge in [-0.2, -0.15) is 5.26 Å². The average Bonchev–Trinajstić information content (AvgIpc) is 2.49. The molecule has 1 rings (SSSR count). The topological polar surface area (TPSA) is 100 Å². The molecule has 0 saturated carbocycles. The maximum atomic E-state index is 12.1. The Morgan fingerprint density at radius 3 is 2.57 bits per heavy atom. The molecular weight excluding hydrogens is 298 g/mol. The lowest BCUT2D eigenvalue weighted by atomic mass is 10.1. The van der Waals surface area contributed by atoms with Crippen LogP contribution in [-0.4, -0.2) is 25.1 Å². The first-order chi connectivity index (χ1) is 11.0. The number of allylic oxidation sites excluding steroid dienone is 1. The van der Waals surface area contributed by atoms with Crippen LogP contribution in [0.4, 0.5) is 11.4 Å². The summed E-state index contributed by atoms with van der Waals surface area (Å²) in [5, 5.41) is 14.0. The normalized spacial score (nSPS) is 10.0. The van der Waals surface area contributed by atoms with Crippen LogP contribution in [0.15, 0.2) is 24.4 Å². The van der Waals surface area contributed by atoms with Gasteiger partial charge >= 0.3 is 5.97 Å². The van der Waals surface area contributed by atoms with Gasteiger partial charge < -0.3 is 20.1 Å². The largest absolute Gasteiger partial charge is 0.492 e. The highest BCUT2D eigenvalue weighted by molar-refractivity contribution is 6.00. The molecule has 7 nitrogen and oxygen atoms in total. The number of carbonyl (C=O) groups excluding carboxylic acids is 2. The van der Waals surface area contributed by atoms with Gasteiger partial charge in [-0.05, 0) is 19.9 Å². The average molecular weight is 317 g/mol. The highest BCUT2D eigenvalue weighted by atomic mass is 16.5. The number of hydrogen-bond donors (Lipinski definition) is 2. The molecule has 0 radical (unpaired) electrons. The maximum Gasteiger partial charge on any atom is 0.340 e. The van der Waals surface area contributed by atoms with Crippen molar-refractivity contribution in [3.63, 3.8) is 0 Å². The molecule has 0 heterocycles. The van der Waals surface area contributed by atoms with E-state index in [-0.39, 0.29) is 18.1 Å². The number of nitrogens with one attached hydrogen (secondary N) is 2. The molecule has 1 aromatic rings. The smallest absolute Gasteiger partial charge is 0.340 e. The van der Waals surface area contributed by atoms with Crippen LogP contribution in [0.5, 0.6) is 5.75 Å². The molecule has 0 atom stereocenters. The van der Waals surface area contributed by atoms with E-state index in [4.69, 9.17) is 14.7 Å². The minimum Gasteiger partial charge on any atom is -0.492 e. The number of ether oxygens (including phenoxy) is 2. The van der Waals surface area contributed by atoms with E-state index in [1.807, 2.05) is 6.07 Å². The Morgan fingerprint density at radius 2 is 2.00 bits per heavy atom. The van der Waals surface area contributed by atoms with E-state index < -0.39 is 5.97 Å². The van der Waals surface area contributed by atoms with Crippen LogP contribution in [0, 0.1) is 11.3 Å². The molecule has 7 heteroatoms. The van der Waals surface area contributed by atoms with Crippen molar-refractivity contribution in [3.05, 3.63) is 30.0 Å². The second-order valence-corrected chi connectivity index (χ2v) is 4.34. The Balaban J connectivity index is 3.35. The van der Waals surface area contributed by atoms with Gasteiger partial charge in [-0.15, -0.1) is 0 Å². The summed E-state index contributed by atoms with van der Waals surface area (Å²) < 4.78 is 10.5. The van der Waals surface area contributed by atoms with Crippen LogP contribution >= 0.6 is 0 Å². The van der Waals surface area contributed by atoms with Crippen molar-refractivity contribution < 1.29 is 19.1 Å². The van der Waals surface area contributed by atoms with Crippen molar-refractivity contribution in [1.29, 1.82) is 5.26 Å². The van der Waals surface area contributed by atoms with E-state index in [9.17, 15) is 9.59 Å². The first kappa shape index (κ1) is 18.0. The Bertz CT molecular complexity index is 647. The number of nitrogens with zero attached hydrogens (tertiary/aromatic N) is 1. The van der Waals surface area contributed by atoms with E-state index in [0.29, 0.717) is 23.7 Å². The molecule has 0 saturated heterocycles. The third kappa shape index (κ3) is 5.36. The Labute approximate surface area is 134 Å². The monoisotopic (exact) mass is 317 g/mol. The van der Waals surface area contributed by atoms with Crippen LogP contribution in [0.2, 0.25) is 0 Å². The lowest BCUT2D eigenvalue weighted by molar-refractivity contribution is -0.114. The Morgan fingerprint density at radius 1 is 1.26 bits per heavy atom. The highest BCUT2D eigenvalue weighted by Gasteiger charge is 2.17. The van der Waals surface area contributed by atoms with Crippen molar-refractivity contribution in [1.82, 2.24) is 0 Å². The molecule has 0 unspecified atom stereocenters. The highest BCUT2D eigenvalue weighted by Crippen LogP contribution is 2.32. The summed E-state index contributed by atoms with van der Waals surface area (Å²) in [5.74, 6) is -0.426. The zero-order chi connectivity index (χ0) is 17.2. The van der Waals surface area contributed by atoms with Gasteiger partial charge in [0.05, 0.1) is 36.2 Å². The number of rotatable bonds is 7. The fourth-order valence-corrected chi connectivity index (χ4v) is 1.81. The fourth-order valence-electron chi connectivity index (χ4n) is 1.81. The second-order valence-electron chi connectivity index (χ2n) is 4.34. The molecule has 0 fully saturated rings. The first-order valence-corrected chi connectivity index (χ1v) is 7.10. The lowest BCUT2D eigenvalue weighted by Gasteiger charge is -2.16. The molecule has 0 aromatic heterocycles. The standard InChI is InChI=1S/C16H19N3O4/c1-4-22-15-10-13(18-8-6-7-17)12(16(21)23-5-2)9-14(15)19-11(3)20/h6,8-10,18H,4-5H2,1-3H3,(H,19,20)/b8-6+. The van der Waals surface area contributed by atoms with Crippen molar-refractivity contribution in [2.24, 2.45) is 0 Å². The molecule has 23 heavy (non-hydrogen) atoms. The Kier molecular flexibility index (Phi) is 7.14. The van der Waals surface area contributed by atoms with E-state index in [1.165, 1.54) is 25.3 Å². The van der Waals surface area contributed by atoms with Crippen molar-refractivity contribution >= 4 is 23.3 Å². The summed E-state index contributed by atoms with van der Waals surface area (Å²) in [6.07, 6.45) is 2.63. The zero-order valence-corrected chi connectivity index (χ0v) is 13.3. The van der Waals surface area contributed by atoms with E-state index in [0.717, 1.165) is 0 Å². The lowest BCUT2D eigenvalue weighted by Crippen LogP contribution is -2.12. The summed E-state index contributed by atoms with van der Waals surface area (Å²) in [6, 6.07) is 4.89. The van der Waals surface area contributed by atoms with E-state index in [2.05, 4.69) is 10.6 Å². The number of esters is 1. The van der Waals surface area contributed by atoms with Gasteiger partial charge in [0.15, 0.2) is 0 Å². The van der Waals surface area contributed by atoms with Gasteiger partial charge in [0, 0.05) is 25.3 Å². The quantitative estimate of drug-likeness (QED) is 0.592. The van der Waals surface area contributed by atoms with Gasteiger partial charge in [-0.3, -0.25) is 4.79 Å². The first-order valence-electron chi connectivity index (χ1n) is 7.10. The maximum absolute atomic E-state index is 12.1. The van der Waals surface area contributed by atoms with Crippen molar-refractivity contribution in [3.8, 4) is 11.8 Å². The van der Waals surface area contributed by atoms with Crippen LogP contribution in [0.3, 0.4) is 0 Å². The van der Waals surface area contributed by atoms with Crippen molar-refractivity contribution in [2.45, 2.75) is 20.8 Å². The number of benzene rings is 1. The molecule has 2 N–H and O–H groups in total.